The van der Waals surface area contributed by atoms with Gasteiger partial charge in [-0.1, -0.05) is 48.0 Å². The minimum Gasteiger partial charge on any atom is -0.357 e. The van der Waals surface area contributed by atoms with Crippen molar-refractivity contribution >= 4 is 29.9 Å². The minimum atomic E-state index is 0. The van der Waals surface area contributed by atoms with E-state index in [1.807, 2.05) is 47.4 Å². The first-order valence-corrected chi connectivity index (χ1v) is 8.91. The smallest absolute Gasteiger partial charge is 0.191 e. The third-order valence-corrected chi connectivity index (χ3v) is 3.96. The Kier molecular flexibility index (Phi) is 8.32. The normalized spacial score (nSPS) is 11.0. The Hall–Kier alpha value is -2.35. The third kappa shape index (κ3) is 6.39. The van der Waals surface area contributed by atoms with E-state index in [1.54, 1.807) is 0 Å². The molecule has 0 saturated heterocycles. The highest BCUT2D eigenvalue weighted by atomic mass is 127. The molecule has 2 N–H and O–H groups in total. The molecule has 0 saturated carbocycles. The van der Waals surface area contributed by atoms with Gasteiger partial charge < -0.3 is 10.6 Å². The fourth-order valence-corrected chi connectivity index (χ4v) is 2.68. The maximum absolute atomic E-state index is 4.67. The number of aromatic nitrogens is 2. The molecule has 0 aliphatic carbocycles. The van der Waals surface area contributed by atoms with Crippen LogP contribution in [0.2, 0.25) is 0 Å². The topological polar surface area (TPSA) is 54.2 Å². The van der Waals surface area contributed by atoms with Crippen molar-refractivity contribution in [1.29, 1.82) is 0 Å². The molecule has 6 heteroatoms. The molecule has 3 rings (SSSR count). The van der Waals surface area contributed by atoms with Crippen molar-refractivity contribution < 1.29 is 0 Å². The fourth-order valence-electron chi connectivity index (χ4n) is 2.68. The molecule has 2 aromatic carbocycles. The number of guanidine groups is 1. The van der Waals surface area contributed by atoms with E-state index in [4.69, 9.17) is 0 Å². The summed E-state index contributed by atoms with van der Waals surface area (Å²) >= 11 is 0. The van der Waals surface area contributed by atoms with Crippen LogP contribution in [0, 0.1) is 6.92 Å². The second kappa shape index (κ2) is 10.7. The number of hydrogen-bond donors (Lipinski definition) is 2. The van der Waals surface area contributed by atoms with Crippen LogP contribution in [0.25, 0.3) is 5.69 Å². The Morgan fingerprint density at radius 2 is 1.85 bits per heavy atom. The molecule has 1 aromatic heterocycles. The number of nitrogens with one attached hydrogen (secondary N) is 2. The lowest BCUT2D eigenvalue weighted by atomic mass is 10.1. The van der Waals surface area contributed by atoms with Crippen molar-refractivity contribution in [3.05, 3.63) is 83.7 Å². The van der Waals surface area contributed by atoms with E-state index in [0.29, 0.717) is 6.54 Å². The van der Waals surface area contributed by atoms with E-state index in [9.17, 15) is 0 Å². The number of benzene rings is 2. The zero-order chi connectivity index (χ0) is 18.2. The lowest BCUT2D eigenvalue weighted by Gasteiger charge is -2.11. The van der Waals surface area contributed by atoms with Crippen LogP contribution in [0.5, 0.6) is 0 Å². The lowest BCUT2D eigenvalue weighted by molar-refractivity contribution is 0.815. The Morgan fingerprint density at radius 1 is 1.04 bits per heavy atom. The monoisotopic (exact) mass is 475 g/mol. The summed E-state index contributed by atoms with van der Waals surface area (Å²) in [6, 6.07) is 18.6. The third-order valence-electron chi connectivity index (χ3n) is 3.96. The molecule has 142 valence electrons. The van der Waals surface area contributed by atoms with Gasteiger partial charge in [-0.05, 0) is 31.5 Å². The van der Waals surface area contributed by atoms with Crippen LogP contribution in [0.4, 0.5) is 0 Å². The van der Waals surface area contributed by atoms with Crippen LogP contribution in [0.1, 0.15) is 23.6 Å². The number of aliphatic imine (C=N–C) groups is 1. The number of aryl methyl sites for hydroxylation is 1. The molecule has 0 radical (unpaired) electrons. The molecule has 0 bridgehead atoms. The largest absolute Gasteiger partial charge is 0.357 e. The number of halogens is 1. The van der Waals surface area contributed by atoms with Crippen LogP contribution in [-0.2, 0) is 13.1 Å². The summed E-state index contributed by atoms with van der Waals surface area (Å²) in [6.45, 7) is 6.32. The van der Waals surface area contributed by atoms with Crippen LogP contribution < -0.4 is 10.6 Å². The van der Waals surface area contributed by atoms with Crippen LogP contribution in [0.15, 0.2) is 72.0 Å². The highest BCUT2D eigenvalue weighted by Gasteiger charge is 2.02. The molecule has 3 aromatic rings. The van der Waals surface area contributed by atoms with Crippen molar-refractivity contribution in [2.45, 2.75) is 26.9 Å². The van der Waals surface area contributed by atoms with E-state index < -0.39 is 0 Å². The summed E-state index contributed by atoms with van der Waals surface area (Å²) in [5.41, 5.74) is 4.63. The van der Waals surface area contributed by atoms with E-state index >= 15 is 0 Å². The highest BCUT2D eigenvalue weighted by molar-refractivity contribution is 14.0. The number of rotatable bonds is 6. The first kappa shape index (κ1) is 21.0. The van der Waals surface area contributed by atoms with Crippen LogP contribution in [0.3, 0.4) is 0 Å². The van der Waals surface area contributed by atoms with E-state index in [2.05, 4.69) is 58.8 Å². The summed E-state index contributed by atoms with van der Waals surface area (Å²) in [7, 11) is 0. The second-order valence-electron chi connectivity index (χ2n) is 6.17. The van der Waals surface area contributed by atoms with Gasteiger partial charge in [0.1, 0.15) is 0 Å². The van der Waals surface area contributed by atoms with Crippen molar-refractivity contribution in [3.63, 3.8) is 0 Å². The van der Waals surface area contributed by atoms with Gasteiger partial charge in [-0.15, -0.1) is 24.0 Å². The predicted octanol–water partition coefficient (Wildman–Crippen LogP) is 4.05. The van der Waals surface area contributed by atoms with Crippen LogP contribution >= 0.6 is 24.0 Å². The molecule has 5 nitrogen and oxygen atoms in total. The molecule has 0 aliphatic heterocycles. The number of nitrogens with zero attached hydrogens (tertiary/aromatic N) is 3. The highest BCUT2D eigenvalue weighted by Crippen LogP contribution is 2.08. The molecular weight excluding hydrogens is 449 g/mol. The maximum Gasteiger partial charge on any atom is 0.191 e. The molecule has 0 spiro atoms. The lowest BCUT2D eigenvalue weighted by Crippen LogP contribution is -2.36. The molecule has 1 heterocycles. The molecule has 0 unspecified atom stereocenters. The van der Waals surface area contributed by atoms with Crippen molar-refractivity contribution in [3.8, 4) is 5.69 Å². The molecule has 0 amide bonds. The van der Waals surface area contributed by atoms with Crippen LogP contribution in [-0.4, -0.2) is 22.3 Å². The van der Waals surface area contributed by atoms with E-state index in [-0.39, 0.29) is 24.0 Å². The zero-order valence-electron chi connectivity index (χ0n) is 15.7. The van der Waals surface area contributed by atoms with Gasteiger partial charge in [-0.2, -0.15) is 5.10 Å². The quantitative estimate of drug-likeness (QED) is 0.321. The van der Waals surface area contributed by atoms with E-state index in [1.165, 1.54) is 11.1 Å². The zero-order valence-corrected chi connectivity index (χ0v) is 18.1. The van der Waals surface area contributed by atoms with Crippen molar-refractivity contribution in [2.24, 2.45) is 4.99 Å². The molecule has 0 atom stereocenters. The summed E-state index contributed by atoms with van der Waals surface area (Å²) in [4.78, 5) is 4.67. The second-order valence-corrected chi connectivity index (χ2v) is 6.17. The number of hydrogen-bond acceptors (Lipinski definition) is 2. The minimum absolute atomic E-state index is 0. The summed E-state index contributed by atoms with van der Waals surface area (Å²) in [5.74, 6) is 0.807. The maximum atomic E-state index is 4.67. The van der Waals surface area contributed by atoms with Crippen molar-refractivity contribution in [1.82, 2.24) is 20.4 Å². The molecule has 27 heavy (non-hydrogen) atoms. The number of para-hydroxylation sites is 1. The molecular formula is C21H26IN5. The average Bonchev–Trinajstić information content (AvgIpc) is 3.14. The Bertz CT molecular complexity index is 858. The van der Waals surface area contributed by atoms with Gasteiger partial charge >= 0.3 is 0 Å². The summed E-state index contributed by atoms with van der Waals surface area (Å²) in [6.07, 6.45) is 3.88. The first-order chi connectivity index (χ1) is 12.7. The summed E-state index contributed by atoms with van der Waals surface area (Å²) in [5, 5.41) is 11.1. The van der Waals surface area contributed by atoms with Gasteiger partial charge in [0.05, 0.1) is 18.4 Å². The summed E-state index contributed by atoms with van der Waals surface area (Å²) < 4.78 is 1.87. The molecule has 0 aliphatic rings. The first-order valence-electron chi connectivity index (χ1n) is 8.91. The fraction of sp³-hybridized carbons (Fsp3) is 0.238. The Balaban J connectivity index is 0.00000261. The van der Waals surface area contributed by atoms with Gasteiger partial charge in [0.2, 0.25) is 0 Å². The van der Waals surface area contributed by atoms with Gasteiger partial charge in [0, 0.05) is 24.8 Å². The Morgan fingerprint density at radius 3 is 2.59 bits per heavy atom. The van der Waals surface area contributed by atoms with Gasteiger partial charge in [0.25, 0.3) is 0 Å². The van der Waals surface area contributed by atoms with Gasteiger partial charge in [-0.25, -0.2) is 9.67 Å². The van der Waals surface area contributed by atoms with E-state index in [0.717, 1.165) is 30.3 Å². The predicted molar refractivity (Wildman–Crippen MR) is 122 cm³/mol. The van der Waals surface area contributed by atoms with Gasteiger partial charge in [-0.3, -0.25) is 0 Å². The SMILES string of the molecule is CCNC(=NCc1cnn(-c2ccccc2)c1)NCc1cccc(C)c1.I. The van der Waals surface area contributed by atoms with Gasteiger partial charge in [0.15, 0.2) is 5.96 Å². The average molecular weight is 475 g/mol. The Labute approximate surface area is 177 Å². The standard InChI is InChI=1S/C21H25N5.HI/c1-3-22-21(23-13-18-9-7-8-17(2)12-18)24-14-19-15-25-26(16-19)20-10-5-4-6-11-20;/h4-12,15-16H,3,13-14H2,1-2H3,(H2,22,23,24);1H. The van der Waals surface area contributed by atoms with Crippen molar-refractivity contribution in [2.75, 3.05) is 6.54 Å². The molecule has 0 fully saturated rings.